The van der Waals surface area contributed by atoms with Crippen molar-refractivity contribution in [1.82, 2.24) is 5.32 Å². The number of nitrogens with one attached hydrogen (secondary N) is 1. The SMILES string of the molecule is CCOc1ccc(CCCNC(=O)CN(c2cc(C)ccc2OC)S(=O)(=O)c2ccc(C)cc2)cc1. The summed E-state index contributed by atoms with van der Waals surface area (Å²) in [6, 6.07) is 19.7. The molecule has 0 spiro atoms. The Balaban J connectivity index is 1.73. The second-order valence-electron chi connectivity index (χ2n) is 8.53. The van der Waals surface area contributed by atoms with E-state index in [1.807, 2.05) is 51.1 Å². The predicted octanol–water partition coefficient (Wildman–Crippen LogP) is 4.66. The van der Waals surface area contributed by atoms with Gasteiger partial charge in [0.25, 0.3) is 10.0 Å². The maximum atomic E-state index is 13.6. The molecule has 3 aromatic rings. The molecule has 0 fully saturated rings. The van der Waals surface area contributed by atoms with Gasteiger partial charge in [-0.05, 0) is 81.1 Å². The van der Waals surface area contributed by atoms with Crippen molar-refractivity contribution < 1.29 is 22.7 Å². The highest BCUT2D eigenvalue weighted by Crippen LogP contribution is 2.33. The van der Waals surface area contributed by atoms with Crippen molar-refractivity contribution in [3.8, 4) is 11.5 Å². The van der Waals surface area contributed by atoms with Crippen LogP contribution in [0.15, 0.2) is 71.6 Å². The van der Waals surface area contributed by atoms with Crippen molar-refractivity contribution in [1.29, 1.82) is 0 Å². The minimum atomic E-state index is -4.02. The molecular weight excluding hydrogens is 476 g/mol. The van der Waals surface area contributed by atoms with E-state index < -0.39 is 10.0 Å². The largest absolute Gasteiger partial charge is 0.495 e. The summed E-state index contributed by atoms with van der Waals surface area (Å²) in [5.41, 5.74) is 3.26. The van der Waals surface area contributed by atoms with Gasteiger partial charge in [-0.3, -0.25) is 9.10 Å². The molecule has 0 aliphatic rings. The number of anilines is 1. The number of rotatable bonds is 12. The van der Waals surface area contributed by atoms with Gasteiger partial charge in [0.2, 0.25) is 5.91 Å². The minimum absolute atomic E-state index is 0.111. The van der Waals surface area contributed by atoms with Crippen molar-refractivity contribution in [3.63, 3.8) is 0 Å². The van der Waals surface area contributed by atoms with Crippen molar-refractivity contribution in [2.24, 2.45) is 0 Å². The van der Waals surface area contributed by atoms with Gasteiger partial charge >= 0.3 is 0 Å². The first-order valence-corrected chi connectivity index (χ1v) is 13.4. The van der Waals surface area contributed by atoms with Gasteiger partial charge in [-0.2, -0.15) is 0 Å². The molecule has 0 saturated heterocycles. The molecule has 8 heteroatoms. The first-order chi connectivity index (χ1) is 17.2. The maximum absolute atomic E-state index is 13.6. The lowest BCUT2D eigenvalue weighted by atomic mass is 10.1. The van der Waals surface area contributed by atoms with E-state index in [-0.39, 0.29) is 17.3 Å². The van der Waals surface area contributed by atoms with Gasteiger partial charge in [-0.1, -0.05) is 35.9 Å². The summed E-state index contributed by atoms with van der Waals surface area (Å²) in [5, 5.41) is 2.86. The van der Waals surface area contributed by atoms with Crippen LogP contribution in [0.2, 0.25) is 0 Å². The Morgan fingerprint density at radius 1 is 0.944 bits per heavy atom. The highest BCUT2D eigenvalue weighted by Gasteiger charge is 2.29. The summed E-state index contributed by atoms with van der Waals surface area (Å²) in [6.45, 7) is 6.38. The van der Waals surface area contributed by atoms with E-state index in [0.717, 1.165) is 39.6 Å². The lowest BCUT2D eigenvalue weighted by molar-refractivity contribution is -0.119. The molecule has 3 aromatic carbocycles. The second kappa shape index (κ2) is 12.4. The Morgan fingerprint density at radius 2 is 1.61 bits per heavy atom. The molecule has 0 saturated carbocycles. The average molecular weight is 511 g/mol. The quantitative estimate of drug-likeness (QED) is 0.359. The van der Waals surface area contributed by atoms with Crippen LogP contribution in [0.5, 0.6) is 11.5 Å². The number of nitrogens with zero attached hydrogens (tertiary/aromatic N) is 1. The topological polar surface area (TPSA) is 84.9 Å². The number of sulfonamides is 1. The zero-order valence-electron chi connectivity index (χ0n) is 21.3. The van der Waals surface area contributed by atoms with Crippen molar-refractivity contribution in [3.05, 3.63) is 83.4 Å². The molecule has 1 amide bonds. The van der Waals surface area contributed by atoms with E-state index in [1.54, 1.807) is 36.4 Å². The number of benzene rings is 3. The van der Waals surface area contributed by atoms with Crippen molar-refractivity contribution in [2.45, 2.75) is 38.5 Å². The molecule has 3 rings (SSSR count). The van der Waals surface area contributed by atoms with Gasteiger partial charge in [0.05, 0.1) is 24.3 Å². The molecule has 0 bridgehead atoms. The average Bonchev–Trinajstić information content (AvgIpc) is 2.86. The molecule has 7 nitrogen and oxygen atoms in total. The summed E-state index contributed by atoms with van der Waals surface area (Å²) in [7, 11) is -2.54. The van der Waals surface area contributed by atoms with Gasteiger partial charge in [0, 0.05) is 6.54 Å². The maximum Gasteiger partial charge on any atom is 0.264 e. The highest BCUT2D eigenvalue weighted by atomic mass is 32.2. The number of aryl methyl sites for hydroxylation is 3. The fourth-order valence-electron chi connectivity index (χ4n) is 3.76. The zero-order valence-corrected chi connectivity index (χ0v) is 22.1. The summed E-state index contributed by atoms with van der Waals surface area (Å²) in [6.07, 6.45) is 1.50. The van der Waals surface area contributed by atoms with Crippen molar-refractivity contribution in [2.75, 3.05) is 31.1 Å². The Morgan fingerprint density at radius 3 is 2.25 bits per heavy atom. The first kappa shape index (κ1) is 27.1. The molecule has 0 aromatic heterocycles. The first-order valence-electron chi connectivity index (χ1n) is 12.0. The van der Waals surface area contributed by atoms with E-state index in [2.05, 4.69) is 5.32 Å². The summed E-state index contributed by atoms with van der Waals surface area (Å²) in [4.78, 5) is 13.0. The number of carbonyl (C=O) groups excluding carboxylic acids is 1. The van der Waals surface area contributed by atoms with Crippen LogP contribution in [0, 0.1) is 13.8 Å². The zero-order chi connectivity index (χ0) is 26.1. The summed E-state index contributed by atoms with van der Waals surface area (Å²) < 4.78 is 39.3. The molecule has 0 unspecified atom stereocenters. The number of carbonyl (C=O) groups is 1. The highest BCUT2D eigenvalue weighted by molar-refractivity contribution is 7.92. The van der Waals surface area contributed by atoms with Gasteiger partial charge in [0.15, 0.2) is 0 Å². The lowest BCUT2D eigenvalue weighted by Crippen LogP contribution is -2.41. The molecule has 36 heavy (non-hydrogen) atoms. The molecule has 0 aliphatic carbocycles. The van der Waals surface area contributed by atoms with Gasteiger partial charge < -0.3 is 14.8 Å². The summed E-state index contributed by atoms with van der Waals surface area (Å²) in [5.74, 6) is 0.816. The normalized spacial score (nSPS) is 11.1. The van der Waals surface area contributed by atoms with Crippen LogP contribution in [0.25, 0.3) is 0 Å². The lowest BCUT2D eigenvalue weighted by Gasteiger charge is -2.26. The molecule has 192 valence electrons. The summed E-state index contributed by atoms with van der Waals surface area (Å²) >= 11 is 0. The molecular formula is C28H34N2O5S. The van der Waals surface area contributed by atoms with Crippen LogP contribution in [0.4, 0.5) is 5.69 Å². The van der Waals surface area contributed by atoms with Crippen LogP contribution in [-0.4, -0.2) is 41.1 Å². The third-order valence-electron chi connectivity index (χ3n) is 5.70. The predicted molar refractivity (Wildman–Crippen MR) is 142 cm³/mol. The van der Waals surface area contributed by atoms with E-state index >= 15 is 0 Å². The third kappa shape index (κ3) is 7.01. The van der Waals surface area contributed by atoms with E-state index in [0.29, 0.717) is 24.6 Å². The molecule has 0 atom stereocenters. The minimum Gasteiger partial charge on any atom is -0.495 e. The number of amides is 1. The van der Waals surface area contributed by atoms with Crippen LogP contribution in [-0.2, 0) is 21.2 Å². The standard InChI is InChI=1S/C28H34N2O5S/c1-5-35-24-13-11-23(12-14-24)7-6-18-29-28(31)20-30(26-19-22(3)10-17-27(26)34-4)36(32,33)25-15-8-21(2)9-16-25/h8-17,19H,5-7,18,20H2,1-4H3,(H,29,31). The Labute approximate surface area is 214 Å². The number of methoxy groups -OCH3 is 1. The van der Waals surface area contributed by atoms with Crippen molar-refractivity contribution >= 4 is 21.6 Å². The Kier molecular flexibility index (Phi) is 9.36. The van der Waals surface area contributed by atoms with Gasteiger partial charge in [0.1, 0.15) is 18.0 Å². The molecule has 0 heterocycles. The van der Waals surface area contributed by atoms with E-state index in [1.165, 1.54) is 7.11 Å². The monoisotopic (exact) mass is 510 g/mol. The molecule has 0 radical (unpaired) electrons. The van der Waals surface area contributed by atoms with Crippen LogP contribution >= 0.6 is 0 Å². The Bertz CT molecular complexity index is 1260. The van der Waals surface area contributed by atoms with Crippen LogP contribution < -0.4 is 19.1 Å². The number of ether oxygens (including phenoxy) is 2. The molecule has 1 N–H and O–H groups in total. The fraction of sp³-hybridized carbons (Fsp3) is 0.321. The van der Waals surface area contributed by atoms with E-state index in [4.69, 9.17) is 9.47 Å². The van der Waals surface area contributed by atoms with Crippen LogP contribution in [0.1, 0.15) is 30.0 Å². The number of hydrogen-bond donors (Lipinski definition) is 1. The number of hydrogen-bond acceptors (Lipinski definition) is 5. The second-order valence-corrected chi connectivity index (χ2v) is 10.4. The smallest absolute Gasteiger partial charge is 0.264 e. The van der Waals surface area contributed by atoms with Gasteiger partial charge in [-0.25, -0.2) is 8.42 Å². The Hall–Kier alpha value is -3.52. The van der Waals surface area contributed by atoms with Gasteiger partial charge in [-0.15, -0.1) is 0 Å². The van der Waals surface area contributed by atoms with E-state index in [9.17, 15) is 13.2 Å². The molecule has 0 aliphatic heterocycles. The van der Waals surface area contributed by atoms with Crippen LogP contribution in [0.3, 0.4) is 0 Å². The fourth-order valence-corrected chi connectivity index (χ4v) is 5.18. The third-order valence-corrected chi connectivity index (χ3v) is 7.47.